The number of morpholine rings is 1. The van der Waals surface area contributed by atoms with Crippen molar-refractivity contribution in [3.63, 3.8) is 0 Å². The maximum atomic E-state index is 5.64. The van der Waals surface area contributed by atoms with E-state index in [1.807, 2.05) is 30.3 Å². The first-order valence-corrected chi connectivity index (χ1v) is 6.92. The maximum Gasteiger partial charge on any atom is 0.258 e. The molecule has 0 saturated carbocycles. The van der Waals surface area contributed by atoms with Gasteiger partial charge in [0.15, 0.2) is 0 Å². The number of fused-ring (bicyclic) bond motifs is 1. The van der Waals surface area contributed by atoms with Gasteiger partial charge in [-0.15, -0.1) is 0 Å². The van der Waals surface area contributed by atoms with E-state index in [4.69, 9.17) is 9.26 Å². The molecule has 1 unspecified atom stereocenters. The molecule has 6 heteroatoms. The second-order valence-electron chi connectivity index (χ2n) is 4.90. The number of aromatic nitrogens is 3. The van der Waals surface area contributed by atoms with E-state index >= 15 is 0 Å². The lowest BCUT2D eigenvalue weighted by molar-refractivity contribution is 0.0208. The summed E-state index contributed by atoms with van der Waals surface area (Å²) in [5.41, 5.74) is 1.80. The second-order valence-corrected chi connectivity index (χ2v) is 4.90. The molecule has 1 aliphatic heterocycles. The molecule has 1 aromatic carbocycles. The fourth-order valence-electron chi connectivity index (χ4n) is 2.50. The van der Waals surface area contributed by atoms with Crippen molar-refractivity contribution in [1.29, 1.82) is 0 Å². The van der Waals surface area contributed by atoms with Crippen LogP contribution in [0.3, 0.4) is 0 Å². The molecule has 0 amide bonds. The van der Waals surface area contributed by atoms with Crippen LogP contribution in [0.25, 0.3) is 22.4 Å². The first-order valence-electron chi connectivity index (χ1n) is 6.92. The largest absolute Gasteiger partial charge is 0.367 e. The lowest BCUT2D eigenvalue weighted by Crippen LogP contribution is -2.33. The van der Waals surface area contributed by atoms with Crippen LogP contribution in [0, 0.1) is 0 Å². The standard InChI is InChI=1S/C15H14N4O2/c1-3-11(10-4-2-6-17-12(10)5-1)15-18-14(19-21-15)13-9-16-7-8-20-13/h1-6,13,16H,7-9H2. The van der Waals surface area contributed by atoms with Gasteiger partial charge in [-0.3, -0.25) is 4.98 Å². The van der Waals surface area contributed by atoms with Gasteiger partial charge in [0.25, 0.3) is 5.89 Å². The van der Waals surface area contributed by atoms with Crippen molar-refractivity contribution in [2.24, 2.45) is 0 Å². The topological polar surface area (TPSA) is 73.1 Å². The molecule has 1 saturated heterocycles. The summed E-state index contributed by atoms with van der Waals surface area (Å²) in [6, 6.07) is 9.76. The van der Waals surface area contributed by atoms with Crippen LogP contribution in [0.1, 0.15) is 11.9 Å². The predicted octanol–water partition coefficient (Wildman–Crippen LogP) is 1.95. The van der Waals surface area contributed by atoms with Crippen molar-refractivity contribution in [3.05, 3.63) is 42.4 Å². The van der Waals surface area contributed by atoms with Crippen molar-refractivity contribution in [2.75, 3.05) is 19.7 Å². The lowest BCUT2D eigenvalue weighted by Gasteiger charge is -2.20. The predicted molar refractivity (Wildman–Crippen MR) is 76.6 cm³/mol. The monoisotopic (exact) mass is 282 g/mol. The van der Waals surface area contributed by atoms with Crippen LogP contribution in [0.15, 0.2) is 41.1 Å². The Morgan fingerprint density at radius 3 is 3.10 bits per heavy atom. The molecular formula is C15H14N4O2. The Morgan fingerprint density at radius 2 is 2.19 bits per heavy atom. The molecule has 1 fully saturated rings. The van der Waals surface area contributed by atoms with Gasteiger partial charge in [0.05, 0.1) is 12.1 Å². The van der Waals surface area contributed by atoms with Crippen LogP contribution < -0.4 is 5.32 Å². The number of nitrogens with zero attached hydrogens (tertiary/aromatic N) is 3. The Bertz CT molecular complexity index is 760. The third-order valence-electron chi connectivity index (χ3n) is 3.53. The highest BCUT2D eigenvalue weighted by Gasteiger charge is 2.22. The molecule has 4 rings (SSSR count). The zero-order chi connectivity index (χ0) is 14.1. The molecule has 0 spiro atoms. The van der Waals surface area contributed by atoms with E-state index in [1.54, 1.807) is 6.20 Å². The number of benzene rings is 1. The van der Waals surface area contributed by atoms with Crippen LogP contribution in [-0.4, -0.2) is 34.8 Å². The van der Waals surface area contributed by atoms with Crippen molar-refractivity contribution in [2.45, 2.75) is 6.10 Å². The van der Waals surface area contributed by atoms with Crippen molar-refractivity contribution < 1.29 is 9.26 Å². The van der Waals surface area contributed by atoms with E-state index in [0.29, 0.717) is 24.9 Å². The van der Waals surface area contributed by atoms with Gasteiger partial charge in [-0.05, 0) is 18.2 Å². The quantitative estimate of drug-likeness (QED) is 0.774. The molecule has 3 aromatic rings. The highest BCUT2D eigenvalue weighted by molar-refractivity contribution is 5.92. The van der Waals surface area contributed by atoms with Crippen LogP contribution in [0.5, 0.6) is 0 Å². The molecule has 21 heavy (non-hydrogen) atoms. The summed E-state index contributed by atoms with van der Waals surface area (Å²) >= 11 is 0. The summed E-state index contributed by atoms with van der Waals surface area (Å²) in [5, 5.41) is 8.30. The first-order chi connectivity index (χ1) is 10.4. The van der Waals surface area contributed by atoms with Gasteiger partial charge in [0.2, 0.25) is 5.82 Å². The van der Waals surface area contributed by atoms with E-state index in [-0.39, 0.29) is 6.10 Å². The lowest BCUT2D eigenvalue weighted by atomic mass is 10.1. The number of pyridine rings is 1. The maximum absolute atomic E-state index is 5.64. The molecule has 3 heterocycles. The van der Waals surface area contributed by atoms with Crippen LogP contribution in [0.4, 0.5) is 0 Å². The number of hydrogen-bond acceptors (Lipinski definition) is 6. The van der Waals surface area contributed by atoms with Crippen LogP contribution in [-0.2, 0) is 4.74 Å². The Balaban J connectivity index is 1.74. The molecule has 2 aromatic heterocycles. The van der Waals surface area contributed by atoms with E-state index in [9.17, 15) is 0 Å². The number of nitrogens with one attached hydrogen (secondary N) is 1. The Hall–Kier alpha value is -2.31. The van der Waals surface area contributed by atoms with Gasteiger partial charge in [-0.2, -0.15) is 4.98 Å². The fourth-order valence-corrected chi connectivity index (χ4v) is 2.50. The molecule has 1 atom stereocenters. The van der Waals surface area contributed by atoms with Gasteiger partial charge >= 0.3 is 0 Å². The number of rotatable bonds is 2. The minimum Gasteiger partial charge on any atom is -0.367 e. The SMILES string of the molecule is c1cc(-c2nc(C3CNCCO3)no2)c2cccnc2c1. The van der Waals surface area contributed by atoms with Crippen molar-refractivity contribution in [3.8, 4) is 11.5 Å². The fraction of sp³-hybridized carbons (Fsp3) is 0.267. The molecule has 1 aliphatic rings. The van der Waals surface area contributed by atoms with Crippen molar-refractivity contribution >= 4 is 10.9 Å². The molecule has 0 aliphatic carbocycles. The molecule has 0 bridgehead atoms. The van der Waals surface area contributed by atoms with Crippen molar-refractivity contribution in [1.82, 2.24) is 20.4 Å². The minimum absolute atomic E-state index is 0.149. The minimum atomic E-state index is -0.149. The number of ether oxygens (including phenoxy) is 1. The summed E-state index contributed by atoms with van der Waals surface area (Å²) in [6.45, 7) is 2.22. The normalized spacial score (nSPS) is 19.0. The van der Waals surface area contributed by atoms with Gasteiger partial charge in [0, 0.05) is 30.2 Å². The highest BCUT2D eigenvalue weighted by Crippen LogP contribution is 2.27. The van der Waals surface area contributed by atoms with E-state index < -0.39 is 0 Å². The van der Waals surface area contributed by atoms with Gasteiger partial charge in [0.1, 0.15) is 6.10 Å². The molecule has 1 N–H and O–H groups in total. The Morgan fingerprint density at radius 1 is 1.19 bits per heavy atom. The molecule has 106 valence electrons. The second kappa shape index (κ2) is 5.23. The van der Waals surface area contributed by atoms with Gasteiger partial charge in [-0.1, -0.05) is 17.3 Å². The van der Waals surface area contributed by atoms with Crippen LogP contribution >= 0.6 is 0 Å². The Kier molecular flexibility index (Phi) is 3.10. The summed E-state index contributed by atoms with van der Waals surface area (Å²) in [5.74, 6) is 1.08. The summed E-state index contributed by atoms with van der Waals surface area (Å²) < 4.78 is 11.1. The smallest absolute Gasteiger partial charge is 0.258 e. The molecule has 0 radical (unpaired) electrons. The molecule has 6 nitrogen and oxygen atoms in total. The summed E-state index contributed by atoms with van der Waals surface area (Å²) in [7, 11) is 0. The van der Waals surface area contributed by atoms with Gasteiger partial charge < -0.3 is 14.6 Å². The third-order valence-corrected chi connectivity index (χ3v) is 3.53. The third kappa shape index (κ3) is 2.28. The highest BCUT2D eigenvalue weighted by atomic mass is 16.5. The van der Waals surface area contributed by atoms with Crippen LogP contribution in [0.2, 0.25) is 0 Å². The zero-order valence-electron chi connectivity index (χ0n) is 11.3. The summed E-state index contributed by atoms with van der Waals surface area (Å²) in [4.78, 5) is 8.82. The summed E-state index contributed by atoms with van der Waals surface area (Å²) in [6.07, 6.45) is 1.62. The van der Waals surface area contributed by atoms with E-state index in [1.165, 1.54) is 0 Å². The van der Waals surface area contributed by atoms with Gasteiger partial charge in [-0.25, -0.2) is 0 Å². The average molecular weight is 282 g/mol. The Labute approximate surface area is 121 Å². The van der Waals surface area contributed by atoms with E-state index in [0.717, 1.165) is 23.0 Å². The first kappa shape index (κ1) is 12.4. The number of hydrogen-bond donors (Lipinski definition) is 1. The molecular weight excluding hydrogens is 268 g/mol. The zero-order valence-corrected chi connectivity index (χ0v) is 11.3. The average Bonchev–Trinajstić information content (AvgIpc) is 3.05. The van der Waals surface area contributed by atoms with E-state index in [2.05, 4.69) is 20.4 Å².